The zero-order chi connectivity index (χ0) is 14.2. The lowest BCUT2D eigenvalue weighted by Gasteiger charge is -2.23. The molecule has 2 fully saturated rings. The maximum absolute atomic E-state index is 12.6. The number of carbonyl (C=O) groups excluding carboxylic acids is 1. The number of aryl methyl sites for hydroxylation is 1. The number of benzene rings is 1. The number of ether oxygens (including phenoxy) is 1. The van der Waals surface area contributed by atoms with Crippen LogP contribution in [0.4, 0.5) is 0 Å². The van der Waals surface area contributed by atoms with E-state index in [1.54, 1.807) is 7.11 Å². The summed E-state index contributed by atoms with van der Waals surface area (Å²) in [5.41, 5.74) is 2.11. The highest BCUT2D eigenvalue weighted by Crippen LogP contribution is 2.36. The van der Waals surface area contributed by atoms with Crippen LogP contribution in [0.25, 0.3) is 0 Å². The van der Waals surface area contributed by atoms with Gasteiger partial charge in [0.25, 0.3) is 5.91 Å². The summed E-state index contributed by atoms with van der Waals surface area (Å²) in [6.45, 7) is 5.88. The Morgan fingerprint density at radius 1 is 1.38 bits per heavy atom. The standard InChI is InChI=1S/C16H22N2O2.ClH/c1-12-3-4-13(9-14(12)20-2)15(19)18-8-6-16(11-18)5-7-17-10-16;/h3-4,9,17H,5-8,10-11H2,1-2H3;1H. The Morgan fingerprint density at radius 3 is 2.86 bits per heavy atom. The molecular formula is C16H23ClN2O2. The van der Waals surface area contributed by atoms with Gasteiger partial charge in [-0.25, -0.2) is 0 Å². The molecule has 4 nitrogen and oxygen atoms in total. The van der Waals surface area contributed by atoms with E-state index in [2.05, 4.69) is 5.32 Å². The summed E-state index contributed by atoms with van der Waals surface area (Å²) < 4.78 is 5.31. The highest BCUT2D eigenvalue weighted by Gasteiger charge is 2.41. The van der Waals surface area contributed by atoms with E-state index in [9.17, 15) is 4.79 Å². The molecule has 5 heteroatoms. The van der Waals surface area contributed by atoms with E-state index in [1.807, 2.05) is 30.0 Å². The zero-order valence-electron chi connectivity index (χ0n) is 12.6. The van der Waals surface area contributed by atoms with Crippen LogP contribution in [0.1, 0.15) is 28.8 Å². The van der Waals surface area contributed by atoms with Crippen LogP contribution in [0.15, 0.2) is 18.2 Å². The number of nitrogens with zero attached hydrogens (tertiary/aromatic N) is 1. The minimum atomic E-state index is 0. The first kappa shape index (κ1) is 16.1. The van der Waals surface area contributed by atoms with Gasteiger partial charge in [0, 0.05) is 30.6 Å². The fourth-order valence-corrected chi connectivity index (χ4v) is 3.39. The molecule has 0 aromatic heterocycles. The summed E-state index contributed by atoms with van der Waals surface area (Å²) in [6, 6.07) is 5.71. The van der Waals surface area contributed by atoms with Crippen molar-refractivity contribution in [1.82, 2.24) is 10.2 Å². The molecule has 2 aliphatic heterocycles. The Labute approximate surface area is 132 Å². The smallest absolute Gasteiger partial charge is 0.254 e. The van der Waals surface area contributed by atoms with Gasteiger partial charge in [0.1, 0.15) is 5.75 Å². The highest BCUT2D eigenvalue weighted by molar-refractivity contribution is 5.95. The van der Waals surface area contributed by atoms with E-state index in [0.717, 1.165) is 49.5 Å². The van der Waals surface area contributed by atoms with Gasteiger partial charge in [0.05, 0.1) is 7.11 Å². The molecule has 1 aromatic carbocycles. The Kier molecular flexibility index (Phi) is 4.79. The largest absolute Gasteiger partial charge is 0.496 e. The summed E-state index contributed by atoms with van der Waals surface area (Å²) in [7, 11) is 1.64. The van der Waals surface area contributed by atoms with Crippen LogP contribution in [0.2, 0.25) is 0 Å². The molecule has 2 heterocycles. The quantitative estimate of drug-likeness (QED) is 0.911. The second-order valence-electron chi connectivity index (χ2n) is 6.09. The SMILES string of the molecule is COc1cc(C(=O)N2CCC3(CCNC3)C2)ccc1C.Cl. The Hall–Kier alpha value is -1.26. The number of carbonyl (C=O) groups is 1. The van der Waals surface area contributed by atoms with E-state index < -0.39 is 0 Å². The minimum absolute atomic E-state index is 0. The molecule has 0 radical (unpaired) electrons. The van der Waals surface area contributed by atoms with Gasteiger partial charge in [-0.3, -0.25) is 4.79 Å². The molecule has 1 atom stereocenters. The summed E-state index contributed by atoms with van der Waals surface area (Å²) in [5.74, 6) is 0.916. The van der Waals surface area contributed by atoms with Gasteiger partial charge >= 0.3 is 0 Å². The highest BCUT2D eigenvalue weighted by atomic mass is 35.5. The third-order valence-electron chi connectivity index (χ3n) is 4.71. The second kappa shape index (κ2) is 6.24. The predicted molar refractivity (Wildman–Crippen MR) is 85.4 cm³/mol. The maximum Gasteiger partial charge on any atom is 0.254 e. The van der Waals surface area contributed by atoms with E-state index in [1.165, 1.54) is 6.42 Å². The first-order valence-corrected chi connectivity index (χ1v) is 7.28. The van der Waals surface area contributed by atoms with Crippen molar-refractivity contribution in [3.63, 3.8) is 0 Å². The molecule has 21 heavy (non-hydrogen) atoms. The minimum Gasteiger partial charge on any atom is -0.496 e. The molecular weight excluding hydrogens is 288 g/mol. The molecule has 0 bridgehead atoms. The van der Waals surface area contributed by atoms with Crippen molar-refractivity contribution in [3.05, 3.63) is 29.3 Å². The molecule has 2 aliphatic rings. The van der Waals surface area contributed by atoms with Crippen LogP contribution in [0.5, 0.6) is 5.75 Å². The van der Waals surface area contributed by atoms with Crippen molar-refractivity contribution in [3.8, 4) is 5.75 Å². The van der Waals surface area contributed by atoms with Crippen molar-refractivity contribution in [1.29, 1.82) is 0 Å². The molecule has 0 aliphatic carbocycles. The topological polar surface area (TPSA) is 41.6 Å². The molecule has 1 aromatic rings. The van der Waals surface area contributed by atoms with Gasteiger partial charge in [-0.1, -0.05) is 6.07 Å². The van der Waals surface area contributed by atoms with E-state index >= 15 is 0 Å². The van der Waals surface area contributed by atoms with Crippen LogP contribution in [0.3, 0.4) is 0 Å². The number of hydrogen-bond acceptors (Lipinski definition) is 3. The first-order valence-electron chi connectivity index (χ1n) is 7.28. The number of hydrogen-bond donors (Lipinski definition) is 1. The number of nitrogens with one attached hydrogen (secondary N) is 1. The molecule has 1 unspecified atom stereocenters. The van der Waals surface area contributed by atoms with Crippen LogP contribution < -0.4 is 10.1 Å². The van der Waals surface area contributed by atoms with Crippen molar-refractivity contribution >= 4 is 18.3 Å². The molecule has 1 amide bonds. The Bertz CT molecular complexity index is 527. The normalized spacial score (nSPS) is 24.2. The van der Waals surface area contributed by atoms with Crippen LogP contribution in [-0.2, 0) is 0 Å². The lowest BCUT2D eigenvalue weighted by atomic mass is 9.86. The zero-order valence-corrected chi connectivity index (χ0v) is 13.5. The summed E-state index contributed by atoms with van der Waals surface area (Å²) in [5, 5.41) is 3.42. The monoisotopic (exact) mass is 310 g/mol. The molecule has 1 N–H and O–H groups in total. The molecule has 2 saturated heterocycles. The summed E-state index contributed by atoms with van der Waals surface area (Å²) in [6.07, 6.45) is 2.31. The fourth-order valence-electron chi connectivity index (χ4n) is 3.39. The first-order chi connectivity index (χ1) is 9.63. The van der Waals surface area contributed by atoms with Crippen LogP contribution in [0, 0.1) is 12.3 Å². The van der Waals surface area contributed by atoms with E-state index in [4.69, 9.17) is 4.74 Å². The lowest BCUT2D eigenvalue weighted by molar-refractivity contribution is 0.0775. The van der Waals surface area contributed by atoms with Crippen molar-refractivity contribution in [2.24, 2.45) is 5.41 Å². The Morgan fingerprint density at radius 2 is 2.19 bits per heavy atom. The van der Waals surface area contributed by atoms with Crippen molar-refractivity contribution in [2.45, 2.75) is 19.8 Å². The molecule has 1 spiro atoms. The van der Waals surface area contributed by atoms with Crippen molar-refractivity contribution in [2.75, 3.05) is 33.3 Å². The van der Waals surface area contributed by atoms with E-state index in [-0.39, 0.29) is 18.3 Å². The number of likely N-dealkylation sites (tertiary alicyclic amines) is 1. The van der Waals surface area contributed by atoms with Gasteiger partial charge < -0.3 is 15.0 Å². The maximum atomic E-state index is 12.6. The van der Waals surface area contributed by atoms with Crippen molar-refractivity contribution < 1.29 is 9.53 Å². The van der Waals surface area contributed by atoms with E-state index in [0.29, 0.717) is 5.41 Å². The summed E-state index contributed by atoms with van der Waals surface area (Å²) >= 11 is 0. The van der Waals surface area contributed by atoms with Gasteiger partial charge in [0.2, 0.25) is 0 Å². The second-order valence-corrected chi connectivity index (χ2v) is 6.09. The van der Waals surface area contributed by atoms with Gasteiger partial charge in [-0.2, -0.15) is 0 Å². The van der Waals surface area contributed by atoms with Crippen LogP contribution in [-0.4, -0.2) is 44.1 Å². The predicted octanol–water partition coefficient (Wildman–Crippen LogP) is 2.25. The molecule has 116 valence electrons. The average Bonchev–Trinajstić information content (AvgIpc) is 3.09. The third kappa shape index (κ3) is 3.01. The van der Waals surface area contributed by atoms with Gasteiger partial charge in [-0.15, -0.1) is 12.4 Å². The van der Waals surface area contributed by atoms with Gasteiger partial charge in [0.15, 0.2) is 0 Å². The number of methoxy groups -OCH3 is 1. The fraction of sp³-hybridized carbons (Fsp3) is 0.562. The third-order valence-corrected chi connectivity index (χ3v) is 4.71. The van der Waals surface area contributed by atoms with Crippen LogP contribution >= 0.6 is 12.4 Å². The number of amides is 1. The number of halogens is 1. The summed E-state index contributed by atoms with van der Waals surface area (Å²) in [4.78, 5) is 14.6. The Balaban J connectivity index is 0.00000161. The van der Waals surface area contributed by atoms with Gasteiger partial charge in [-0.05, 0) is 44.0 Å². The molecule has 0 saturated carbocycles. The average molecular weight is 311 g/mol. The number of rotatable bonds is 2. The molecule has 3 rings (SSSR count). The lowest BCUT2D eigenvalue weighted by Crippen LogP contribution is -2.33.